The van der Waals surface area contributed by atoms with Gasteiger partial charge in [0.15, 0.2) is 5.75 Å². The molecule has 0 spiro atoms. The van der Waals surface area contributed by atoms with Gasteiger partial charge < -0.3 is 15.2 Å². The van der Waals surface area contributed by atoms with Crippen molar-refractivity contribution in [2.24, 2.45) is 0 Å². The first kappa shape index (κ1) is 11.3. The highest BCUT2D eigenvalue weighted by atomic mass is 19.1. The predicted octanol–water partition coefficient (Wildman–Crippen LogP) is 3.21. The first-order valence-corrected chi connectivity index (χ1v) is 5.06. The highest BCUT2D eigenvalue weighted by Crippen LogP contribution is 2.29. The van der Waals surface area contributed by atoms with E-state index in [9.17, 15) is 4.39 Å². The smallest absolute Gasteiger partial charge is 0.150 e. The van der Waals surface area contributed by atoms with Crippen LogP contribution in [-0.2, 0) is 0 Å². The van der Waals surface area contributed by atoms with Crippen LogP contribution in [0.2, 0.25) is 0 Å². The third kappa shape index (κ3) is 2.66. The number of nitrogen functional groups attached to an aromatic ring is 1. The zero-order valence-electron chi connectivity index (χ0n) is 9.31. The Morgan fingerprint density at radius 2 is 1.82 bits per heavy atom. The molecule has 0 aromatic heterocycles. The third-order valence-corrected chi connectivity index (χ3v) is 2.24. The maximum absolute atomic E-state index is 12.8. The molecule has 0 radical (unpaired) electrons. The Balaban J connectivity index is 2.25. The van der Waals surface area contributed by atoms with Crippen LogP contribution in [0.5, 0.6) is 17.2 Å². The molecule has 2 aromatic rings. The molecule has 0 bridgehead atoms. The number of halogens is 1. The number of nitrogens with two attached hydrogens (primary N) is 1. The van der Waals surface area contributed by atoms with Crippen molar-refractivity contribution < 1.29 is 13.9 Å². The maximum atomic E-state index is 12.8. The van der Waals surface area contributed by atoms with Gasteiger partial charge in [0.25, 0.3) is 0 Å². The molecule has 2 aromatic carbocycles. The molecule has 4 heteroatoms. The van der Waals surface area contributed by atoms with Crippen molar-refractivity contribution in [1.29, 1.82) is 0 Å². The van der Waals surface area contributed by atoms with Gasteiger partial charge in [-0.1, -0.05) is 6.07 Å². The van der Waals surface area contributed by atoms with Gasteiger partial charge in [0.05, 0.1) is 12.8 Å². The van der Waals surface area contributed by atoms with Crippen LogP contribution in [0, 0.1) is 5.82 Å². The van der Waals surface area contributed by atoms with Crippen LogP contribution in [0.4, 0.5) is 10.1 Å². The van der Waals surface area contributed by atoms with E-state index in [4.69, 9.17) is 15.2 Å². The summed E-state index contributed by atoms with van der Waals surface area (Å²) < 4.78 is 23.5. The van der Waals surface area contributed by atoms with Crippen molar-refractivity contribution in [3.05, 3.63) is 48.3 Å². The first-order chi connectivity index (χ1) is 8.19. The summed E-state index contributed by atoms with van der Waals surface area (Å²) in [6, 6.07) is 11.1. The van der Waals surface area contributed by atoms with Crippen molar-refractivity contribution in [1.82, 2.24) is 0 Å². The molecular formula is C13H12FNO2. The molecule has 2 N–H and O–H groups in total. The molecule has 3 nitrogen and oxygen atoms in total. The van der Waals surface area contributed by atoms with E-state index in [-0.39, 0.29) is 11.5 Å². The van der Waals surface area contributed by atoms with E-state index in [1.54, 1.807) is 31.4 Å². The molecule has 0 atom stereocenters. The molecule has 0 aliphatic rings. The van der Waals surface area contributed by atoms with E-state index in [1.807, 2.05) is 0 Å². The summed E-state index contributed by atoms with van der Waals surface area (Å²) in [5.74, 6) is 1.30. The quantitative estimate of drug-likeness (QED) is 0.828. The van der Waals surface area contributed by atoms with Gasteiger partial charge in [0, 0.05) is 12.1 Å². The summed E-state index contributed by atoms with van der Waals surface area (Å²) in [4.78, 5) is 0. The van der Waals surface area contributed by atoms with Crippen molar-refractivity contribution in [2.45, 2.75) is 0 Å². The average Bonchev–Trinajstić information content (AvgIpc) is 2.33. The van der Waals surface area contributed by atoms with Gasteiger partial charge in [0.1, 0.15) is 17.3 Å². The zero-order valence-corrected chi connectivity index (χ0v) is 9.31. The lowest BCUT2D eigenvalue weighted by Crippen LogP contribution is -1.93. The second-order valence-corrected chi connectivity index (χ2v) is 3.46. The Labute approximate surface area is 98.6 Å². The number of rotatable bonds is 3. The second-order valence-electron chi connectivity index (χ2n) is 3.46. The van der Waals surface area contributed by atoms with E-state index in [2.05, 4.69) is 0 Å². The fourth-order valence-corrected chi connectivity index (χ4v) is 1.40. The van der Waals surface area contributed by atoms with Crippen LogP contribution in [-0.4, -0.2) is 7.11 Å². The number of anilines is 1. The highest BCUT2D eigenvalue weighted by molar-refractivity contribution is 5.54. The Morgan fingerprint density at radius 3 is 2.53 bits per heavy atom. The molecule has 0 saturated carbocycles. The van der Waals surface area contributed by atoms with Gasteiger partial charge in [-0.05, 0) is 24.3 Å². The van der Waals surface area contributed by atoms with Crippen LogP contribution < -0.4 is 15.2 Å². The summed E-state index contributed by atoms with van der Waals surface area (Å²) in [5, 5.41) is 0. The van der Waals surface area contributed by atoms with Crippen LogP contribution >= 0.6 is 0 Å². The lowest BCUT2D eigenvalue weighted by molar-refractivity contribution is 0.409. The highest BCUT2D eigenvalue weighted by Gasteiger charge is 2.04. The Kier molecular flexibility index (Phi) is 3.14. The van der Waals surface area contributed by atoms with Gasteiger partial charge >= 0.3 is 0 Å². The van der Waals surface area contributed by atoms with E-state index in [0.29, 0.717) is 17.2 Å². The van der Waals surface area contributed by atoms with Crippen molar-refractivity contribution >= 4 is 5.69 Å². The third-order valence-electron chi connectivity index (χ3n) is 2.24. The van der Waals surface area contributed by atoms with Crippen molar-refractivity contribution in [3.8, 4) is 17.2 Å². The largest absolute Gasteiger partial charge is 0.497 e. The normalized spacial score (nSPS) is 10.0. The topological polar surface area (TPSA) is 44.5 Å². The minimum atomic E-state index is -0.388. The minimum absolute atomic E-state index is 0.257. The summed E-state index contributed by atoms with van der Waals surface area (Å²) >= 11 is 0. The average molecular weight is 233 g/mol. The van der Waals surface area contributed by atoms with Crippen LogP contribution in [0.25, 0.3) is 0 Å². The lowest BCUT2D eigenvalue weighted by Gasteiger charge is -2.09. The number of ether oxygens (including phenoxy) is 2. The van der Waals surface area contributed by atoms with E-state index >= 15 is 0 Å². The predicted molar refractivity (Wildman–Crippen MR) is 63.9 cm³/mol. The summed E-state index contributed by atoms with van der Waals surface area (Å²) in [6.45, 7) is 0. The SMILES string of the molecule is COc1cccc(Oc2ccc(F)cc2N)c1. The van der Waals surface area contributed by atoms with Gasteiger partial charge in [-0.3, -0.25) is 0 Å². The number of hydrogen-bond acceptors (Lipinski definition) is 3. The Hall–Kier alpha value is -2.23. The van der Waals surface area contributed by atoms with Crippen LogP contribution in [0.15, 0.2) is 42.5 Å². The fraction of sp³-hybridized carbons (Fsp3) is 0.0769. The molecule has 0 aliphatic heterocycles. The molecule has 0 aliphatic carbocycles. The lowest BCUT2D eigenvalue weighted by atomic mass is 10.3. The molecule has 2 rings (SSSR count). The molecule has 0 heterocycles. The molecule has 0 saturated heterocycles. The van der Waals surface area contributed by atoms with Crippen molar-refractivity contribution in [2.75, 3.05) is 12.8 Å². The summed E-state index contributed by atoms with van der Waals surface area (Å²) in [6.07, 6.45) is 0. The van der Waals surface area contributed by atoms with Crippen LogP contribution in [0.3, 0.4) is 0 Å². The van der Waals surface area contributed by atoms with E-state index in [0.717, 1.165) is 0 Å². The molecule has 88 valence electrons. The second kappa shape index (κ2) is 4.74. The van der Waals surface area contributed by atoms with Gasteiger partial charge in [-0.2, -0.15) is 0 Å². The Bertz CT molecular complexity index is 529. The Morgan fingerprint density at radius 1 is 1.06 bits per heavy atom. The van der Waals surface area contributed by atoms with E-state index in [1.165, 1.54) is 18.2 Å². The molecule has 0 fully saturated rings. The monoisotopic (exact) mass is 233 g/mol. The van der Waals surface area contributed by atoms with Gasteiger partial charge in [-0.25, -0.2) is 4.39 Å². The molecule has 0 unspecified atom stereocenters. The number of hydrogen-bond donors (Lipinski definition) is 1. The maximum Gasteiger partial charge on any atom is 0.150 e. The zero-order chi connectivity index (χ0) is 12.3. The number of methoxy groups -OCH3 is 1. The van der Waals surface area contributed by atoms with Crippen LogP contribution in [0.1, 0.15) is 0 Å². The molecular weight excluding hydrogens is 221 g/mol. The van der Waals surface area contributed by atoms with Crippen molar-refractivity contribution in [3.63, 3.8) is 0 Å². The van der Waals surface area contributed by atoms with E-state index < -0.39 is 0 Å². The fourth-order valence-electron chi connectivity index (χ4n) is 1.40. The summed E-state index contributed by atoms with van der Waals surface area (Å²) in [5.41, 5.74) is 5.90. The summed E-state index contributed by atoms with van der Waals surface area (Å²) in [7, 11) is 1.57. The van der Waals surface area contributed by atoms with Gasteiger partial charge in [-0.15, -0.1) is 0 Å². The van der Waals surface area contributed by atoms with Gasteiger partial charge in [0.2, 0.25) is 0 Å². The molecule has 0 amide bonds. The first-order valence-electron chi connectivity index (χ1n) is 5.06. The minimum Gasteiger partial charge on any atom is -0.497 e. The molecule has 17 heavy (non-hydrogen) atoms. The number of benzene rings is 2. The standard InChI is InChI=1S/C13H12FNO2/c1-16-10-3-2-4-11(8-10)17-13-6-5-9(14)7-12(13)15/h2-8H,15H2,1H3.